The molecule has 0 unspecified atom stereocenters. The molecule has 1 amide bonds. The monoisotopic (exact) mass is 367 g/mol. The lowest BCUT2D eigenvalue weighted by molar-refractivity contribution is -0.130. The maximum Gasteiger partial charge on any atom is 0.230 e. The Morgan fingerprint density at radius 2 is 1.58 bits per heavy atom. The van der Waals surface area contributed by atoms with Crippen molar-refractivity contribution in [3.8, 4) is 0 Å². The van der Waals surface area contributed by atoms with Crippen LogP contribution in [-0.4, -0.2) is 16.8 Å². The zero-order valence-electron chi connectivity index (χ0n) is 15.5. The Balaban J connectivity index is 2.15. The van der Waals surface area contributed by atoms with Crippen LogP contribution in [0.1, 0.15) is 32.4 Å². The van der Waals surface area contributed by atoms with Crippen LogP contribution in [0.2, 0.25) is 0 Å². The van der Waals surface area contributed by atoms with Crippen LogP contribution in [-0.2, 0) is 9.59 Å². The van der Waals surface area contributed by atoms with Crippen molar-refractivity contribution in [3.63, 3.8) is 0 Å². The van der Waals surface area contributed by atoms with Gasteiger partial charge >= 0.3 is 0 Å². The van der Waals surface area contributed by atoms with Gasteiger partial charge in [0.05, 0.1) is 12.0 Å². The maximum atomic E-state index is 13.3. The fourth-order valence-corrected chi connectivity index (χ4v) is 4.63. The Bertz CT molecular complexity index is 762. The minimum atomic E-state index is -0.274. The second kappa shape index (κ2) is 8.09. The van der Waals surface area contributed by atoms with Crippen LogP contribution in [0, 0.1) is 17.8 Å². The van der Waals surface area contributed by atoms with E-state index in [4.69, 9.17) is 0 Å². The number of piperidine rings is 1. The molecule has 4 heteroatoms. The molecule has 4 atom stereocenters. The number of anilines is 1. The smallest absolute Gasteiger partial charge is 0.230 e. The molecule has 1 heterocycles. The normalized spacial score (nSPS) is 26.0. The van der Waals surface area contributed by atoms with Gasteiger partial charge in [-0.25, -0.2) is 0 Å². The minimum absolute atomic E-state index is 0.000724. The summed E-state index contributed by atoms with van der Waals surface area (Å²) < 4.78 is 0. The molecule has 1 aliphatic heterocycles. The summed E-state index contributed by atoms with van der Waals surface area (Å²) >= 11 is 1.36. The Kier molecular flexibility index (Phi) is 5.82. The molecule has 0 aliphatic carbocycles. The molecule has 0 saturated carbocycles. The van der Waals surface area contributed by atoms with Gasteiger partial charge in [0.15, 0.2) is 5.12 Å². The third kappa shape index (κ3) is 3.43. The maximum absolute atomic E-state index is 13.3. The number of carbonyl (C=O) groups excluding carboxylic acids is 2. The van der Waals surface area contributed by atoms with Crippen LogP contribution >= 0.6 is 11.8 Å². The van der Waals surface area contributed by atoms with Crippen LogP contribution in [0.5, 0.6) is 0 Å². The Labute approximate surface area is 159 Å². The van der Waals surface area contributed by atoms with E-state index in [1.165, 1.54) is 11.8 Å². The molecule has 3 nitrogen and oxygen atoms in total. The molecule has 1 saturated heterocycles. The topological polar surface area (TPSA) is 37.4 Å². The van der Waals surface area contributed by atoms with E-state index in [9.17, 15) is 9.59 Å². The first-order chi connectivity index (χ1) is 12.6. The molecule has 1 fully saturated rings. The van der Waals surface area contributed by atoms with Crippen molar-refractivity contribution in [1.29, 1.82) is 0 Å². The number of nitrogens with zero attached hydrogens (tertiary/aromatic N) is 1. The van der Waals surface area contributed by atoms with Crippen molar-refractivity contribution in [3.05, 3.63) is 66.2 Å². The van der Waals surface area contributed by atoms with Gasteiger partial charge in [0.1, 0.15) is 0 Å². The molecule has 0 radical (unpaired) electrons. The van der Waals surface area contributed by atoms with Gasteiger partial charge in [-0.3, -0.25) is 9.59 Å². The number of thioether (sulfide) groups is 1. The summed E-state index contributed by atoms with van der Waals surface area (Å²) in [6.07, 6.45) is 0. The highest BCUT2D eigenvalue weighted by Gasteiger charge is 2.48. The SMILES string of the molecule is CCSC(=O)[C@H]1[C@H](C)[C@H](C)C(=O)N(c2ccccc2)[C@@H]1c1ccccc1. The lowest BCUT2D eigenvalue weighted by atomic mass is 9.73. The van der Waals surface area contributed by atoms with E-state index < -0.39 is 0 Å². The number of amides is 1. The zero-order valence-corrected chi connectivity index (χ0v) is 16.3. The van der Waals surface area contributed by atoms with Gasteiger partial charge in [-0.05, 0) is 29.4 Å². The fraction of sp³-hybridized carbons (Fsp3) is 0.364. The predicted molar refractivity (Wildman–Crippen MR) is 108 cm³/mol. The molecule has 2 aromatic rings. The summed E-state index contributed by atoms with van der Waals surface area (Å²) in [5, 5.41) is 0.175. The molecule has 0 spiro atoms. The molecule has 2 aromatic carbocycles. The molecular weight excluding hydrogens is 342 g/mol. The molecule has 1 aliphatic rings. The van der Waals surface area contributed by atoms with Gasteiger partial charge in [0, 0.05) is 11.6 Å². The van der Waals surface area contributed by atoms with Crippen LogP contribution in [0.25, 0.3) is 0 Å². The van der Waals surface area contributed by atoms with E-state index in [1.807, 2.05) is 86.3 Å². The molecule has 0 N–H and O–H groups in total. The zero-order chi connectivity index (χ0) is 18.7. The van der Waals surface area contributed by atoms with E-state index in [2.05, 4.69) is 0 Å². The molecule has 0 aromatic heterocycles. The quantitative estimate of drug-likeness (QED) is 0.768. The van der Waals surface area contributed by atoms with E-state index in [1.54, 1.807) is 0 Å². The Morgan fingerprint density at radius 1 is 1.00 bits per heavy atom. The lowest BCUT2D eigenvalue weighted by Crippen LogP contribution is -2.53. The number of para-hydroxylation sites is 1. The first-order valence-electron chi connectivity index (χ1n) is 9.16. The molecular formula is C22H25NO2S. The predicted octanol–water partition coefficient (Wildman–Crippen LogP) is 4.94. The second-order valence-corrected chi connectivity index (χ2v) is 8.09. The Hall–Kier alpha value is -2.07. The van der Waals surface area contributed by atoms with Gasteiger partial charge in [-0.1, -0.05) is 81.1 Å². The molecule has 26 heavy (non-hydrogen) atoms. The van der Waals surface area contributed by atoms with Crippen molar-refractivity contribution < 1.29 is 9.59 Å². The highest BCUT2D eigenvalue weighted by molar-refractivity contribution is 8.13. The summed E-state index contributed by atoms with van der Waals surface area (Å²) in [7, 11) is 0. The number of hydrogen-bond donors (Lipinski definition) is 0. The number of hydrogen-bond acceptors (Lipinski definition) is 3. The largest absolute Gasteiger partial charge is 0.304 e. The minimum Gasteiger partial charge on any atom is -0.304 e. The highest BCUT2D eigenvalue weighted by Crippen LogP contribution is 2.46. The van der Waals surface area contributed by atoms with E-state index in [0.717, 1.165) is 17.0 Å². The Morgan fingerprint density at radius 3 is 2.15 bits per heavy atom. The summed E-state index contributed by atoms with van der Waals surface area (Å²) in [6.45, 7) is 5.98. The van der Waals surface area contributed by atoms with Crippen LogP contribution in [0.3, 0.4) is 0 Å². The molecule has 0 bridgehead atoms. The summed E-state index contributed by atoms with van der Waals surface area (Å²) in [5.41, 5.74) is 1.86. The lowest BCUT2D eigenvalue weighted by Gasteiger charge is -2.46. The number of rotatable bonds is 4. The average molecular weight is 368 g/mol. The van der Waals surface area contributed by atoms with Crippen molar-refractivity contribution in [2.75, 3.05) is 10.7 Å². The summed E-state index contributed by atoms with van der Waals surface area (Å²) in [6, 6.07) is 19.4. The van der Waals surface area contributed by atoms with Gasteiger partial charge in [0.25, 0.3) is 0 Å². The molecule has 3 rings (SSSR count). The summed E-state index contributed by atoms with van der Waals surface area (Å²) in [5.74, 6) is 0.413. The van der Waals surface area contributed by atoms with Crippen LogP contribution in [0.15, 0.2) is 60.7 Å². The first kappa shape index (κ1) is 18.7. The van der Waals surface area contributed by atoms with E-state index in [-0.39, 0.29) is 34.8 Å². The summed E-state index contributed by atoms with van der Waals surface area (Å²) in [4.78, 5) is 28.1. The van der Waals surface area contributed by atoms with Crippen molar-refractivity contribution in [1.82, 2.24) is 0 Å². The van der Waals surface area contributed by atoms with Crippen molar-refractivity contribution in [2.45, 2.75) is 26.8 Å². The third-order valence-corrected chi connectivity index (χ3v) is 6.18. The van der Waals surface area contributed by atoms with Gasteiger partial charge in [0.2, 0.25) is 5.91 Å². The number of carbonyl (C=O) groups is 2. The number of benzene rings is 2. The van der Waals surface area contributed by atoms with E-state index in [0.29, 0.717) is 0 Å². The first-order valence-corrected chi connectivity index (χ1v) is 10.1. The van der Waals surface area contributed by atoms with Gasteiger partial charge in [-0.2, -0.15) is 0 Å². The highest BCUT2D eigenvalue weighted by atomic mass is 32.2. The molecule has 136 valence electrons. The van der Waals surface area contributed by atoms with Crippen molar-refractivity contribution >= 4 is 28.5 Å². The third-order valence-electron chi connectivity index (χ3n) is 5.33. The van der Waals surface area contributed by atoms with Crippen LogP contribution < -0.4 is 4.90 Å². The van der Waals surface area contributed by atoms with E-state index >= 15 is 0 Å². The van der Waals surface area contributed by atoms with Crippen LogP contribution in [0.4, 0.5) is 5.69 Å². The second-order valence-electron chi connectivity index (χ2n) is 6.82. The average Bonchev–Trinajstić information content (AvgIpc) is 2.67. The van der Waals surface area contributed by atoms with Gasteiger partial charge < -0.3 is 4.90 Å². The van der Waals surface area contributed by atoms with Gasteiger partial charge in [-0.15, -0.1) is 0 Å². The fourth-order valence-electron chi connectivity index (χ4n) is 3.81. The van der Waals surface area contributed by atoms with Crippen molar-refractivity contribution in [2.24, 2.45) is 17.8 Å². The standard InChI is InChI=1S/C22H25NO2S/c1-4-26-22(25)19-15(2)16(3)21(24)23(18-13-9-6-10-14-18)20(19)17-11-7-5-8-12-17/h5-16,19-20H,4H2,1-3H3/t15-,16+,19+,20-/m1/s1.